The number of halogens is 1. The van der Waals surface area contributed by atoms with Crippen LogP contribution in [0.25, 0.3) is 11.4 Å². The number of rotatable bonds is 7. The Bertz CT molecular complexity index is 922. The van der Waals surface area contributed by atoms with Crippen molar-refractivity contribution >= 4 is 5.91 Å². The van der Waals surface area contributed by atoms with Gasteiger partial charge < -0.3 is 14.6 Å². The molecule has 0 saturated heterocycles. The van der Waals surface area contributed by atoms with E-state index in [1.54, 1.807) is 26.2 Å². The van der Waals surface area contributed by atoms with Crippen LogP contribution in [0.2, 0.25) is 0 Å². The Kier molecular flexibility index (Phi) is 5.80. The summed E-state index contributed by atoms with van der Waals surface area (Å²) in [5.74, 6) is 1.15. The predicted molar refractivity (Wildman–Crippen MR) is 97.6 cm³/mol. The van der Waals surface area contributed by atoms with Crippen molar-refractivity contribution in [1.82, 2.24) is 15.5 Å². The fourth-order valence-electron chi connectivity index (χ4n) is 2.47. The Morgan fingerprint density at radius 1 is 1.22 bits per heavy atom. The van der Waals surface area contributed by atoms with Crippen LogP contribution in [0.4, 0.5) is 4.39 Å². The van der Waals surface area contributed by atoms with Crippen LogP contribution >= 0.6 is 0 Å². The normalized spacial score (nSPS) is 10.6. The van der Waals surface area contributed by atoms with Gasteiger partial charge in [0.1, 0.15) is 11.6 Å². The van der Waals surface area contributed by atoms with E-state index >= 15 is 0 Å². The summed E-state index contributed by atoms with van der Waals surface area (Å²) < 4.78 is 23.8. The van der Waals surface area contributed by atoms with Gasteiger partial charge >= 0.3 is 0 Å². The first kappa shape index (κ1) is 18.6. The van der Waals surface area contributed by atoms with Crippen LogP contribution in [0.3, 0.4) is 0 Å². The lowest BCUT2D eigenvalue weighted by atomic mass is 10.1. The molecule has 0 unspecified atom stereocenters. The fraction of sp³-hybridized carbons (Fsp3) is 0.250. The maximum absolute atomic E-state index is 13.5. The van der Waals surface area contributed by atoms with Crippen LogP contribution in [-0.2, 0) is 17.8 Å². The number of aryl methyl sites for hydroxylation is 2. The van der Waals surface area contributed by atoms with Crippen molar-refractivity contribution in [3.8, 4) is 17.1 Å². The second-order valence-electron chi connectivity index (χ2n) is 6.10. The molecule has 0 atom stereocenters. The first-order chi connectivity index (χ1) is 13.0. The molecular weight excluding hydrogens is 349 g/mol. The molecule has 2 aromatic carbocycles. The molecule has 1 aromatic heterocycles. The van der Waals surface area contributed by atoms with E-state index in [0.29, 0.717) is 29.3 Å². The second-order valence-corrected chi connectivity index (χ2v) is 6.10. The van der Waals surface area contributed by atoms with Crippen molar-refractivity contribution in [3.63, 3.8) is 0 Å². The Morgan fingerprint density at radius 2 is 2.00 bits per heavy atom. The van der Waals surface area contributed by atoms with Gasteiger partial charge in [-0.2, -0.15) is 4.98 Å². The van der Waals surface area contributed by atoms with E-state index in [0.717, 1.165) is 11.3 Å². The minimum absolute atomic E-state index is 0.166. The first-order valence-corrected chi connectivity index (χ1v) is 8.54. The van der Waals surface area contributed by atoms with Crippen LogP contribution < -0.4 is 10.1 Å². The zero-order valence-corrected chi connectivity index (χ0v) is 15.2. The highest BCUT2D eigenvalue weighted by atomic mass is 19.1. The number of hydrogen-bond acceptors (Lipinski definition) is 5. The topological polar surface area (TPSA) is 77.2 Å². The number of hydrogen-bond donors (Lipinski definition) is 1. The van der Waals surface area contributed by atoms with Crippen LogP contribution in [0, 0.1) is 12.7 Å². The Hall–Kier alpha value is -3.22. The highest BCUT2D eigenvalue weighted by Crippen LogP contribution is 2.20. The number of nitrogens with one attached hydrogen (secondary N) is 1. The van der Waals surface area contributed by atoms with Gasteiger partial charge in [0.2, 0.25) is 17.6 Å². The SMILES string of the molecule is COc1ccc(-c2noc(CCC(=O)NCc3ccc(C)c(F)c3)n2)cc1. The summed E-state index contributed by atoms with van der Waals surface area (Å²) in [7, 11) is 1.60. The van der Waals surface area contributed by atoms with E-state index in [-0.39, 0.29) is 24.7 Å². The molecule has 3 aromatic rings. The van der Waals surface area contributed by atoms with Gasteiger partial charge in [-0.1, -0.05) is 17.3 Å². The molecule has 1 heterocycles. The van der Waals surface area contributed by atoms with Gasteiger partial charge in [-0.3, -0.25) is 4.79 Å². The number of benzene rings is 2. The molecular formula is C20H20FN3O3. The quantitative estimate of drug-likeness (QED) is 0.690. The summed E-state index contributed by atoms with van der Waals surface area (Å²) in [5.41, 5.74) is 2.09. The molecule has 0 fully saturated rings. The van der Waals surface area contributed by atoms with Crippen molar-refractivity contribution in [3.05, 3.63) is 65.3 Å². The molecule has 7 heteroatoms. The maximum atomic E-state index is 13.5. The van der Waals surface area contributed by atoms with Gasteiger partial charge in [0.15, 0.2) is 0 Å². The molecule has 0 aliphatic heterocycles. The Balaban J connectivity index is 1.50. The predicted octanol–water partition coefficient (Wildman–Crippen LogP) is 3.44. The number of methoxy groups -OCH3 is 1. The van der Waals surface area contributed by atoms with Crippen LogP contribution in [-0.4, -0.2) is 23.2 Å². The minimum Gasteiger partial charge on any atom is -0.497 e. The number of aromatic nitrogens is 2. The van der Waals surface area contributed by atoms with Gasteiger partial charge in [0, 0.05) is 24.9 Å². The monoisotopic (exact) mass is 369 g/mol. The van der Waals surface area contributed by atoms with Crippen molar-refractivity contribution < 1.29 is 18.4 Å². The number of ether oxygens (including phenoxy) is 1. The molecule has 0 spiro atoms. The lowest BCUT2D eigenvalue weighted by Gasteiger charge is -2.05. The highest BCUT2D eigenvalue weighted by molar-refractivity contribution is 5.76. The molecule has 0 aliphatic rings. The zero-order valence-electron chi connectivity index (χ0n) is 15.2. The number of carbonyl (C=O) groups excluding carboxylic acids is 1. The maximum Gasteiger partial charge on any atom is 0.227 e. The number of amides is 1. The Morgan fingerprint density at radius 3 is 2.70 bits per heavy atom. The van der Waals surface area contributed by atoms with Gasteiger partial charge in [-0.05, 0) is 48.4 Å². The average molecular weight is 369 g/mol. The van der Waals surface area contributed by atoms with E-state index in [2.05, 4.69) is 15.5 Å². The molecule has 1 amide bonds. The first-order valence-electron chi connectivity index (χ1n) is 8.54. The van der Waals surface area contributed by atoms with Crippen LogP contribution in [0.5, 0.6) is 5.75 Å². The molecule has 3 rings (SSSR count). The van der Waals surface area contributed by atoms with E-state index in [9.17, 15) is 9.18 Å². The third-order valence-electron chi connectivity index (χ3n) is 4.11. The molecule has 0 radical (unpaired) electrons. The molecule has 0 aliphatic carbocycles. The zero-order chi connectivity index (χ0) is 19.2. The smallest absolute Gasteiger partial charge is 0.227 e. The lowest BCUT2D eigenvalue weighted by molar-refractivity contribution is -0.121. The van der Waals surface area contributed by atoms with Crippen LogP contribution in [0.15, 0.2) is 47.0 Å². The Labute approximate surface area is 156 Å². The third kappa shape index (κ3) is 4.91. The summed E-state index contributed by atoms with van der Waals surface area (Å²) >= 11 is 0. The summed E-state index contributed by atoms with van der Waals surface area (Å²) in [6.45, 7) is 1.97. The van der Waals surface area contributed by atoms with Gasteiger partial charge in [0.25, 0.3) is 0 Å². The number of carbonyl (C=O) groups is 1. The molecule has 6 nitrogen and oxygen atoms in total. The van der Waals surface area contributed by atoms with Crippen molar-refractivity contribution in [2.45, 2.75) is 26.3 Å². The van der Waals surface area contributed by atoms with E-state index in [1.165, 1.54) is 6.07 Å². The summed E-state index contributed by atoms with van der Waals surface area (Å²) in [5, 5.41) is 6.69. The van der Waals surface area contributed by atoms with Crippen LogP contribution in [0.1, 0.15) is 23.4 Å². The fourth-order valence-corrected chi connectivity index (χ4v) is 2.47. The lowest BCUT2D eigenvalue weighted by Crippen LogP contribution is -2.23. The summed E-state index contributed by atoms with van der Waals surface area (Å²) in [6, 6.07) is 12.2. The van der Waals surface area contributed by atoms with E-state index < -0.39 is 0 Å². The van der Waals surface area contributed by atoms with Gasteiger partial charge in [0.05, 0.1) is 7.11 Å². The highest BCUT2D eigenvalue weighted by Gasteiger charge is 2.11. The summed E-state index contributed by atoms with van der Waals surface area (Å²) in [6.07, 6.45) is 0.538. The standard InChI is InChI=1S/C20H20FN3O3/c1-13-3-4-14(11-17(13)21)12-22-18(25)9-10-19-23-20(24-27-19)15-5-7-16(26-2)8-6-15/h3-8,11H,9-10,12H2,1-2H3,(H,22,25). The molecule has 27 heavy (non-hydrogen) atoms. The molecule has 0 bridgehead atoms. The summed E-state index contributed by atoms with van der Waals surface area (Å²) in [4.78, 5) is 16.3. The average Bonchev–Trinajstić information content (AvgIpc) is 3.16. The third-order valence-corrected chi connectivity index (χ3v) is 4.11. The van der Waals surface area contributed by atoms with Crippen molar-refractivity contribution in [1.29, 1.82) is 0 Å². The minimum atomic E-state index is -0.279. The van der Waals surface area contributed by atoms with E-state index in [1.807, 2.05) is 24.3 Å². The van der Waals surface area contributed by atoms with Crippen molar-refractivity contribution in [2.24, 2.45) is 0 Å². The molecule has 140 valence electrons. The number of nitrogens with zero attached hydrogens (tertiary/aromatic N) is 2. The molecule has 1 N–H and O–H groups in total. The van der Waals surface area contributed by atoms with Crippen molar-refractivity contribution in [2.75, 3.05) is 7.11 Å². The molecule has 0 saturated carbocycles. The largest absolute Gasteiger partial charge is 0.497 e. The van der Waals surface area contributed by atoms with Gasteiger partial charge in [-0.25, -0.2) is 4.39 Å². The van der Waals surface area contributed by atoms with E-state index in [4.69, 9.17) is 9.26 Å². The second kappa shape index (κ2) is 8.44. The van der Waals surface area contributed by atoms with Gasteiger partial charge in [-0.15, -0.1) is 0 Å².